The molecular formula is C13H11BrN2O4. The van der Waals surface area contributed by atoms with Gasteiger partial charge in [-0.3, -0.25) is 15.1 Å². The Bertz CT molecular complexity index is 646. The SMILES string of the molecule is CC(O)c1ccc(Oc2cncc(Br)c2)c([N+](=O)[O-])c1. The van der Waals surface area contributed by atoms with Crippen LogP contribution in [0.15, 0.2) is 41.1 Å². The third-order valence-electron chi connectivity index (χ3n) is 2.57. The number of nitro groups is 1. The van der Waals surface area contributed by atoms with Gasteiger partial charge in [-0.05, 0) is 40.5 Å². The molecule has 0 aliphatic carbocycles. The number of aliphatic hydroxyl groups is 1. The van der Waals surface area contributed by atoms with Crippen molar-refractivity contribution in [3.63, 3.8) is 0 Å². The minimum absolute atomic E-state index is 0.0966. The lowest BCUT2D eigenvalue weighted by atomic mass is 10.1. The molecule has 0 spiro atoms. The van der Waals surface area contributed by atoms with Crippen LogP contribution in [0, 0.1) is 10.1 Å². The Kier molecular flexibility index (Phi) is 4.31. The summed E-state index contributed by atoms with van der Waals surface area (Å²) in [6, 6.07) is 5.99. The van der Waals surface area contributed by atoms with E-state index in [1.54, 1.807) is 18.3 Å². The van der Waals surface area contributed by atoms with Gasteiger partial charge in [0, 0.05) is 16.7 Å². The second kappa shape index (κ2) is 5.98. The highest BCUT2D eigenvalue weighted by Crippen LogP contribution is 2.33. The van der Waals surface area contributed by atoms with E-state index in [-0.39, 0.29) is 11.4 Å². The molecule has 2 aromatic rings. The summed E-state index contributed by atoms with van der Waals surface area (Å²) in [6.45, 7) is 1.54. The molecule has 20 heavy (non-hydrogen) atoms. The predicted molar refractivity (Wildman–Crippen MR) is 75.7 cm³/mol. The zero-order valence-electron chi connectivity index (χ0n) is 10.5. The summed E-state index contributed by atoms with van der Waals surface area (Å²) in [5.41, 5.74) is 0.250. The molecule has 0 fully saturated rings. The molecule has 2 rings (SSSR count). The van der Waals surface area contributed by atoms with Gasteiger partial charge in [0.15, 0.2) is 0 Å². The number of rotatable bonds is 4. The first-order valence-corrected chi connectivity index (χ1v) is 6.51. The van der Waals surface area contributed by atoms with E-state index in [0.29, 0.717) is 15.8 Å². The molecule has 0 aliphatic heterocycles. The molecule has 0 saturated carbocycles. The van der Waals surface area contributed by atoms with Crippen LogP contribution in [0.1, 0.15) is 18.6 Å². The van der Waals surface area contributed by atoms with E-state index in [2.05, 4.69) is 20.9 Å². The average molecular weight is 339 g/mol. The van der Waals surface area contributed by atoms with E-state index in [1.165, 1.54) is 25.3 Å². The number of benzene rings is 1. The van der Waals surface area contributed by atoms with Gasteiger partial charge in [-0.2, -0.15) is 0 Å². The van der Waals surface area contributed by atoms with Gasteiger partial charge in [0.1, 0.15) is 5.75 Å². The van der Waals surface area contributed by atoms with Crippen molar-refractivity contribution in [1.82, 2.24) is 4.98 Å². The van der Waals surface area contributed by atoms with Crippen molar-refractivity contribution >= 4 is 21.6 Å². The lowest BCUT2D eigenvalue weighted by Gasteiger charge is -2.09. The Balaban J connectivity index is 2.38. The number of pyridine rings is 1. The van der Waals surface area contributed by atoms with Gasteiger partial charge in [-0.1, -0.05) is 6.07 Å². The summed E-state index contributed by atoms with van der Waals surface area (Å²) in [6.07, 6.45) is 2.25. The molecule has 0 saturated heterocycles. The maximum atomic E-state index is 11.1. The normalized spacial score (nSPS) is 11.9. The maximum Gasteiger partial charge on any atom is 0.311 e. The Hall–Kier alpha value is -1.99. The first-order valence-electron chi connectivity index (χ1n) is 5.72. The van der Waals surface area contributed by atoms with Gasteiger partial charge >= 0.3 is 5.69 Å². The third kappa shape index (κ3) is 3.31. The largest absolute Gasteiger partial charge is 0.448 e. The van der Waals surface area contributed by atoms with E-state index >= 15 is 0 Å². The summed E-state index contributed by atoms with van der Waals surface area (Å²) < 4.78 is 6.18. The highest BCUT2D eigenvalue weighted by Gasteiger charge is 2.18. The molecule has 1 atom stereocenters. The molecule has 0 amide bonds. The number of nitrogens with zero attached hydrogens (tertiary/aromatic N) is 2. The Morgan fingerprint density at radius 1 is 1.40 bits per heavy atom. The van der Waals surface area contributed by atoms with Crippen molar-refractivity contribution < 1.29 is 14.8 Å². The lowest BCUT2D eigenvalue weighted by Crippen LogP contribution is -1.97. The number of nitro benzene ring substituents is 1. The van der Waals surface area contributed by atoms with Gasteiger partial charge in [0.25, 0.3) is 0 Å². The summed E-state index contributed by atoms with van der Waals surface area (Å²) in [7, 11) is 0. The minimum Gasteiger partial charge on any atom is -0.448 e. The number of ether oxygens (including phenoxy) is 1. The number of hydrogen-bond donors (Lipinski definition) is 1. The van der Waals surface area contributed by atoms with Gasteiger partial charge in [0.2, 0.25) is 5.75 Å². The summed E-state index contributed by atoms with van der Waals surface area (Å²) in [4.78, 5) is 14.4. The van der Waals surface area contributed by atoms with E-state index in [0.717, 1.165) is 0 Å². The van der Waals surface area contributed by atoms with Crippen molar-refractivity contribution in [2.75, 3.05) is 0 Å². The maximum absolute atomic E-state index is 11.1. The molecule has 0 bridgehead atoms. The number of halogens is 1. The topological polar surface area (TPSA) is 85.5 Å². The zero-order valence-corrected chi connectivity index (χ0v) is 12.1. The fourth-order valence-corrected chi connectivity index (χ4v) is 1.94. The highest BCUT2D eigenvalue weighted by molar-refractivity contribution is 9.10. The Labute approximate surface area is 123 Å². The fraction of sp³-hybridized carbons (Fsp3) is 0.154. The smallest absolute Gasteiger partial charge is 0.311 e. The van der Waals surface area contributed by atoms with Crippen LogP contribution in [0.3, 0.4) is 0 Å². The highest BCUT2D eigenvalue weighted by atomic mass is 79.9. The summed E-state index contributed by atoms with van der Waals surface area (Å²) in [5.74, 6) is 0.478. The average Bonchev–Trinajstić information content (AvgIpc) is 2.38. The van der Waals surface area contributed by atoms with Gasteiger partial charge in [0.05, 0.1) is 17.2 Å². The lowest BCUT2D eigenvalue weighted by molar-refractivity contribution is -0.385. The van der Waals surface area contributed by atoms with E-state index in [1.807, 2.05) is 0 Å². The van der Waals surface area contributed by atoms with E-state index in [9.17, 15) is 15.2 Å². The van der Waals surface area contributed by atoms with Crippen molar-refractivity contribution in [3.8, 4) is 11.5 Å². The van der Waals surface area contributed by atoms with E-state index < -0.39 is 11.0 Å². The van der Waals surface area contributed by atoms with Crippen molar-refractivity contribution in [2.45, 2.75) is 13.0 Å². The Morgan fingerprint density at radius 2 is 2.15 bits per heavy atom. The first-order chi connectivity index (χ1) is 9.47. The second-order valence-electron chi connectivity index (χ2n) is 4.10. The van der Waals surface area contributed by atoms with Gasteiger partial charge < -0.3 is 9.84 Å². The first kappa shape index (κ1) is 14.4. The second-order valence-corrected chi connectivity index (χ2v) is 5.02. The van der Waals surface area contributed by atoms with Crippen LogP contribution in [0.5, 0.6) is 11.5 Å². The van der Waals surface area contributed by atoms with Crippen LogP contribution in [0.4, 0.5) is 5.69 Å². The molecule has 1 heterocycles. The monoisotopic (exact) mass is 338 g/mol. The number of aliphatic hydroxyl groups excluding tert-OH is 1. The standard InChI is InChI=1S/C13H11BrN2O4/c1-8(17)9-2-3-13(12(4-9)16(18)19)20-11-5-10(14)6-15-7-11/h2-8,17H,1H3. The third-order valence-corrected chi connectivity index (χ3v) is 3.00. The van der Waals surface area contributed by atoms with Gasteiger partial charge in [-0.15, -0.1) is 0 Å². The quantitative estimate of drug-likeness (QED) is 0.679. The van der Waals surface area contributed by atoms with Crippen LogP contribution in [-0.4, -0.2) is 15.0 Å². The zero-order chi connectivity index (χ0) is 14.7. The molecule has 1 N–H and O–H groups in total. The molecule has 6 nitrogen and oxygen atoms in total. The van der Waals surface area contributed by atoms with Crippen molar-refractivity contribution in [1.29, 1.82) is 0 Å². The van der Waals surface area contributed by atoms with Crippen LogP contribution in [0.25, 0.3) is 0 Å². The van der Waals surface area contributed by atoms with Gasteiger partial charge in [-0.25, -0.2) is 0 Å². The van der Waals surface area contributed by atoms with E-state index in [4.69, 9.17) is 4.74 Å². The van der Waals surface area contributed by atoms with Crippen LogP contribution >= 0.6 is 15.9 Å². The fourth-order valence-electron chi connectivity index (χ4n) is 1.60. The predicted octanol–water partition coefficient (Wildman–Crippen LogP) is 3.60. The summed E-state index contributed by atoms with van der Waals surface area (Å²) in [5, 5.41) is 20.5. The molecular weight excluding hydrogens is 328 g/mol. The van der Waals surface area contributed by atoms with Crippen LogP contribution < -0.4 is 4.74 Å². The van der Waals surface area contributed by atoms with Crippen LogP contribution in [-0.2, 0) is 0 Å². The molecule has 104 valence electrons. The van der Waals surface area contributed by atoms with Crippen molar-refractivity contribution in [3.05, 3.63) is 56.8 Å². The van der Waals surface area contributed by atoms with Crippen LogP contribution in [0.2, 0.25) is 0 Å². The molecule has 0 aliphatic rings. The Morgan fingerprint density at radius 3 is 2.75 bits per heavy atom. The molecule has 1 unspecified atom stereocenters. The summed E-state index contributed by atoms with van der Waals surface area (Å²) >= 11 is 3.24. The molecule has 1 aromatic carbocycles. The molecule has 1 aromatic heterocycles. The molecule has 0 radical (unpaired) electrons. The van der Waals surface area contributed by atoms with Crippen molar-refractivity contribution in [2.24, 2.45) is 0 Å². The number of aromatic nitrogens is 1. The minimum atomic E-state index is -0.782. The number of hydrogen-bond acceptors (Lipinski definition) is 5. The molecule has 7 heteroatoms.